The summed E-state index contributed by atoms with van der Waals surface area (Å²) in [5.41, 5.74) is -0.241. The smallest absolute Gasteiger partial charge is 0.389 e. The minimum absolute atomic E-state index is 0.269. The maximum Gasteiger partial charge on any atom is 0.574 e. The van der Waals surface area contributed by atoms with E-state index in [0.717, 1.165) is 6.20 Å². The van der Waals surface area contributed by atoms with Crippen molar-refractivity contribution in [1.82, 2.24) is 4.98 Å². The van der Waals surface area contributed by atoms with E-state index in [1.165, 1.54) is 6.92 Å². The highest BCUT2D eigenvalue weighted by atomic mass is 79.9. The van der Waals surface area contributed by atoms with Crippen LogP contribution in [-0.4, -0.2) is 11.3 Å². The van der Waals surface area contributed by atoms with Crippen LogP contribution in [0.5, 0.6) is 5.88 Å². The molecule has 0 amide bonds. The van der Waals surface area contributed by atoms with Crippen molar-refractivity contribution in [2.45, 2.75) is 13.3 Å². The van der Waals surface area contributed by atoms with Gasteiger partial charge in [0.1, 0.15) is 4.47 Å². The van der Waals surface area contributed by atoms with E-state index in [0.29, 0.717) is 5.56 Å². The Hall–Kier alpha value is -0.980. The van der Waals surface area contributed by atoms with Gasteiger partial charge in [-0.1, -0.05) is 0 Å². The molecule has 0 radical (unpaired) electrons. The summed E-state index contributed by atoms with van der Waals surface area (Å²) in [6.07, 6.45) is -3.67. The average Bonchev–Trinajstić information content (AvgIpc) is 2.04. The van der Waals surface area contributed by atoms with E-state index in [2.05, 4.69) is 25.7 Å². The van der Waals surface area contributed by atoms with Crippen LogP contribution in [0.15, 0.2) is 15.5 Å². The first-order valence-electron chi connectivity index (χ1n) is 3.45. The maximum absolute atomic E-state index is 11.8. The number of nitrogens with one attached hydrogen (secondary N) is 1. The summed E-state index contributed by atoms with van der Waals surface area (Å²) in [7, 11) is 0. The van der Waals surface area contributed by atoms with Crippen molar-refractivity contribution in [3.8, 4) is 5.88 Å². The lowest BCUT2D eigenvalue weighted by atomic mass is 10.3. The van der Waals surface area contributed by atoms with E-state index in [1.54, 1.807) is 0 Å². The third kappa shape index (κ3) is 2.50. The zero-order valence-electron chi connectivity index (χ0n) is 6.91. The minimum atomic E-state index is -4.82. The molecule has 0 spiro atoms. The SMILES string of the molecule is Cc1c[nH]c(OC(F)(F)F)c(Br)c1=O. The molecule has 1 N–H and O–H groups in total. The van der Waals surface area contributed by atoms with Gasteiger partial charge in [-0.3, -0.25) is 4.79 Å². The van der Waals surface area contributed by atoms with E-state index >= 15 is 0 Å². The van der Waals surface area contributed by atoms with Crippen LogP contribution in [-0.2, 0) is 0 Å². The normalized spacial score (nSPS) is 11.5. The molecule has 14 heavy (non-hydrogen) atoms. The lowest BCUT2D eigenvalue weighted by molar-refractivity contribution is -0.276. The van der Waals surface area contributed by atoms with Gasteiger partial charge in [0, 0.05) is 11.8 Å². The number of pyridine rings is 1. The van der Waals surface area contributed by atoms with Crippen LogP contribution in [0.25, 0.3) is 0 Å². The Morgan fingerprint density at radius 2 is 2.07 bits per heavy atom. The van der Waals surface area contributed by atoms with Crippen LogP contribution in [0.1, 0.15) is 5.56 Å². The number of aromatic amines is 1. The number of rotatable bonds is 1. The number of alkyl halides is 3. The summed E-state index contributed by atoms with van der Waals surface area (Å²) in [4.78, 5) is 13.4. The van der Waals surface area contributed by atoms with Crippen molar-refractivity contribution in [3.05, 3.63) is 26.5 Å². The summed E-state index contributed by atoms with van der Waals surface area (Å²) in [6, 6.07) is 0. The van der Waals surface area contributed by atoms with Crippen molar-refractivity contribution >= 4 is 15.9 Å². The van der Waals surface area contributed by atoms with E-state index in [9.17, 15) is 18.0 Å². The van der Waals surface area contributed by atoms with Gasteiger partial charge in [0.2, 0.25) is 11.3 Å². The first-order chi connectivity index (χ1) is 6.31. The second kappa shape index (κ2) is 3.64. The fraction of sp³-hybridized carbons (Fsp3) is 0.286. The molecular formula is C7H5BrF3NO2. The van der Waals surface area contributed by atoms with Gasteiger partial charge in [-0.15, -0.1) is 13.2 Å². The third-order valence-corrected chi connectivity index (χ3v) is 2.11. The molecule has 1 heterocycles. The van der Waals surface area contributed by atoms with Crippen molar-refractivity contribution in [3.63, 3.8) is 0 Å². The quantitative estimate of drug-likeness (QED) is 0.852. The second-order valence-corrected chi connectivity index (χ2v) is 3.28. The van der Waals surface area contributed by atoms with Gasteiger partial charge < -0.3 is 9.72 Å². The van der Waals surface area contributed by atoms with Gasteiger partial charge in [0.15, 0.2) is 0 Å². The number of halogens is 4. The van der Waals surface area contributed by atoms with Crippen LogP contribution in [0.4, 0.5) is 13.2 Å². The highest BCUT2D eigenvalue weighted by Crippen LogP contribution is 2.25. The van der Waals surface area contributed by atoms with Crippen molar-refractivity contribution in [1.29, 1.82) is 0 Å². The number of H-pyrrole nitrogens is 1. The third-order valence-electron chi connectivity index (χ3n) is 1.39. The van der Waals surface area contributed by atoms with Crippen molar-refractivity contribution < 1.29 is 17.9 Å². The first kappa shape index (κ1) is 11.1. The zero-order valence-corrected chi connectivity index (χ0v) is 8.49. The van der Waals surface area contributed by atoms with Crippen LogP contribution in [0.3, 0.4) is 0 Å². The molecular weight excluding hydrogens is 267 g/mol. The fourth-order valence-electron chi connectivity index (χ4n) is 0.769. The molecule has 0 saturated carbocycles. The molecule has 78 valence electrons. The average molecular weight is 272 g/mol. The van der Waals surface area contributed by atoms with E-state index in [4.69, 9.17) is 0 Å². The zero-order chi connectivity index (χ0) is 10.9. The van der Waals surface area contributed by atoms with Crippen molar-refractivity contribution in [2.24, 2.45) is 0 Å². The second-order valence-electron chi connectivity index (χ2n) is 2.49. The van der Waals surface area contributed by atoms with Gasteiger partial charge in [-0.05, 0) is 22.9 Å². The summed E-state index contributed by atoms with van der Waals surface area (Å²) >= 11 is 2.71. The molecule has 0 aromatic carbocycles. The molecule has 0 fully saturated rings. The van der Waals surface area contributed by atoms with E-state index in [-0.39, 0.29) is 4.47 Å². The number of hydrogen-bond acceptors (Lipinski definition) is 2. The number of aromatic nitrogens is 1. The minimum Gasteiger partial charge on any atom is -0.389 e. The molecule has 0 bridgehead atoms. The molecule has 0 saturated heterocycles. The van der Waals surface area contributed by atoms with E-state index < -0.39 is 17.7 Å². The molecule has 0 aliphatic carbocycles. The molecule has 0 aliphatic heterocycles. The Morgan fingerprint density at radius 3 is 2.57 bits per heavy atom. The van der Waals surface area contributed by atoms with Crippen molar-refractivity contribution in [2.75, 3.05) is 0 Å². The number of aryl methyl sites for hydroxylation is 1. The van der Waals surface area contributed by atoms with Crippen LogP contribution in [0.2, 0.25) is 0 Å². The summed E-state index contributed by atoms with van der Waals surface area (Å²) in [5.74, 6) is -0.645. The number of hydrogen-bond donors (Lipinski definition) is 1. The van der Waals surface area contributed by atoms with Gasteiger partial charge in [-0.25, -0.2) is 0 Å². The Kier molecular flexibility index (Phi) is 2.89. The largest absolute Gasteiger partial charge is 0.574 e. The topological polar surface area (TPSA) is 42.1 Å². The summed E-state index contributed by atoms with van der Waals surface area (Å²) < 4.78 is 38.7. The molecule has 1 rings (SSSR count). The first-order valence-corrected chi connectivity index (χ1v) is 4.24. The Labute approximate surface area is 85.0 Å². The molecule has 0 atom stereocenters. The molecule has 1 aromatic heterocycles. The van der Waals surface area contributed by atoms with Crippen LogP contribution < -0.4 is 10.2 Å². The summed E-state index contributed by atoms with van der Waals surface area (Å²) in [6.45, 7) is 1.47. The maximum atomic E-state index is 11.8. The van der Waals surface area contributed by atoms with Crippen LogP contribution in [0, 0.1) is 6.92 Å². The standard InChI is InChI=1S/C7H5BrF3NO2/c1-3-2-12-6(4(8)5(3)13)14-7(9,10)11/h2H,1H3,(H,12,13). The molecule has 0 aliphatic rings. The van der Waals surface area contributed by atoms with Gasteiger partial charge in [0.25, 0.3) is 0 Å². The fourth-order valence-corrected chi connectivity index (χ4v) is 1.28. The predicted octanol–water partition coefficient (Wildman–Crippen LogP) is 2.34. The molecule has 0 unspecified atom stereocenters. The van der Waals surface area contributed by atoms with Gasteiger partial charge >= 0.3 is 6.36 Å². The molecule has 3 nitrogen and oxygen atoms in total. The van der Waals surface area contributed by atoms with Gasteiger partial charge in [0.05, 0.1) is 0 Å². The lowest BCUT2D eigenvalue weighted by Gasteiger charge is -2.09. The highest BCUT2D eigenvalue weighted by molar-refractivity contribution is 9.10. The Morgan fingerprint density at radius 1 is 1.50 bits per heavy atom. The summed E-state index contributed by atoms with van der Waals surface area (Å²) in [5, 5.41) is 0. The highest BCUT2D eigenvalue weighted by Gasteiger charge is 2.32. The molecule has 7 heteroatoms. The lowest BCUT2D eigenvalue weighted by Crippen LogP contribution is -2.20. The Bertz CT molecular complexity index is 399. The Balaban J connectivity index is 3.13. The van der Waals surface area contributed by atoms with Crippen LogP contribution >= 0.6 is 15.9 Å². The molecule has 1 aromatic rings. The number of ether oxygens (including phenoxy) is 1. The van der Waals surface area contributed by atoms with Gasteiger partial charge in [-0.2, -0.15) is 0 Å². The monoisotopic (exact) mass is 271 g/mol. The van der Waals surface area contributed by atoms with E-state index in [1.807, 2.05) is 0 Å². The predicted molar refractivity (Wildman–Crippen MR) is 46.2 cm³/mol.